The molecule has 0 saturated carbocycles. The molecule has 0 N–H and O–H groups in total. The van der Waals surface area contributed by atoms with Crippen molar-refractivity contribution in [2.75, 3.05) is 20.3 Å². The maximum atomic E-state index is 12.2. The van der Waals surface area contributed by atoms with Crippen LogP contribution in [-0.2, 0) is 13.9 Å². The van der Waals surface area contributed by atoms with Crippen LogP contribution in [0.4, 0.5) is 4.79 Å². The molecule has 1 aliphatic rings. The number of carbonyl (C=O) groups is 1. The SMILES string of the molecule is COC=CCCC/C=C(\O[Si](C(C)C)(C(C)C)C(C)C)N1CCOC1=O. The highest BCUT2D eigenvalue weighted by Gasteiger charge is 2.48. The molecule has 6 heteroatoms. The average molecular weight is 384 g/mol. The van der Waals surface area contributed by atoms with Crippen molar-refractivity contribution >= 4 is 14.4 Å². The number of carbonyl (C=O) groups excluding carboxylic acids is 1. The third-order valence-electron chi connectivity index (χ3n) is 5.14. The molecular weight excluding hydrogens is 346 g/mol. The Labute approximate surface area is 160 Å². The number of methoxy groups -OCH3 is 1. The summed E-state index contributed by atoms with van der Waals surface area (Å²) in [6.45, 7) is 14.5. The summed E-state index contributed by atoms with van der Waals surface area (Å²) in [5.41, 5.74) is 1.36. The molecule has 5 nitrogen and oxygen atoms in total. The van der Waals surface area contributed by atoms with Gasteiger partial charge in [-0.2, -0.15) is 0 Å². The Kier molecular flexibility index (Phi) is 9.26. The van der Waals surface area contributed by atoms with Crippen LogP contribution in [0, 0.1) is 0 Å². The predicted octanol–water partition coefficient (Wildman–Crippen LogP) is 5.80. The van der Waals surface area contributed by atoms with Gasteiger partial charge in [-0.15, -0.1) is 0 Å². The molecule has 1 amide bonds. The van der Waals surface area contributed by atoms with Gasteiger partial charge in [0.25, 0.3) is 8.32 Å². The molecule has 1 aliphatic heterocycles. The minimum absolute atomic E-state index is 0.297. The van der Waals surface area contributed by atoms with Gasteiger partial charge in [-0.25, -0.2) is 9.69 Å². The van der Waals surface area contributed by atoms with E-state index in [1.54, 1.807) is 18.3 Å². The monoisotopic (exact) mass is 383 g/mol. The summed E-state index contributed by atoms with van der Waals surface area (Å²) in [6, 6.07) is 0. The van der Waals surface area contributed by atoms with E-state index in [1.807, 2.05) is 6.08 Å². The van der Waals surface area contributed by atoms with E-state index in [2.05, 4.69) is 47.6 Å². The summed E-state index contributed by atoms with van der Waals surface area (Å²) in [7, 11) is -0.473. The lowest BCUT2D eigenvalue weighted by Gasteiger charge is -2.43. The Morgan fingerprint density at radius 3 is 2.23 bits per heavy atom. The molecule has 0 unspecified atom stereocenters. The fraction of sp³-hybridized carbons (Fsp3) is 0.750. The van der Waals surface area contributed by atoms with Gasteiger partial charge < -0.3 is 13.9 Å². The molecule has 26 heavy (non-hydrogen) atoms. The van der Waals surface area contributed by atoms with Gasteiger partial charge in [-0.05, 0) is 48.0 Å². The van der Waals surface area contributed by atoms with E-state index in [0.717, 1.165) is 19.3 Å². The zero-order chi connectivity index (χ0) is 19.7. The predicted molar refractivity (Wildman–Crippen MR) is 108 cm³/mol. The van der Waals surface area contributed by atoms with E-state index >= 15 is 0 Å². The second kappa shape index (κ2) is 10.7. The van der Waals surface area contributed by atoms with Gasteiger partial charge in [0.15, 0.2) is 5.88 Å². The molecule has 0 bridgehead atoms. The number of hydrogen-bond donors (Lipinski definition) is 0. The number of nitrogens with zero attached hydrogens (tertiary/aromatic N) is 1. The molecule has 0 aromatic heterocycles. The number of rotatable bonds is 11. The van der Waals surface area contributed by atoms with E-state index in [9.17, 15) is 4.79 Å². The lowest BCUT2D eigenvalue weighted by atomic mass is 10.2. The summed E-state index contributed by atoms with van der Waals surface area (Å²) >= 11 is 0. The summed E-state index contributed by atoms with van der Waals surface area (Å²) in [6.07, 6.45) is 8.25. The molecule has 1 rings (SSSR count). The molecule has 150 valence electrons. The summed E-state index contributed by atoms with van der Waals surface area (Å²) in [5, 5.41) is 0. The van der Waals surface area contributed by atoms with E-state index in [4.69, 9.17) is 13.9 Å². The van der Waals surface area contributed by atoms with Crippen molar-refractivity contribution in [1.82, 2.24) is 4.90 Å². The Hall–Kier alpha value is -1.43. The normalized spacial score (nSPS) is 16.3. The van der Waals surface area contributed by atoms with Crippen LogP contribution in [-0.4, -0.2) is 39.6 Å². The van der Waals surface area contributed by atoms with E-state index in [1.165, 1.54) is 0 Å². The lowest BCUT2D eigenvalue weighted by Crippen LogP contribution is -2.49. The van der Waals surface area contributed by atoms with Crippen LogP contribution in [0.1, 0.15) is 60.8 Å². The van der Waals surface area contributed by atoms with Crippen LogP contribution in [0.2, 0.25) is 16.6 Å². The molecule has 1 heterocycles. The van der Waals surface area contributed by atoms with Gasteiger partial charge in [-0.3, -0.25) is 0 Å². The molecular formula is C20H37NO4Si. The van der Waals surface area contributed by atoms with Crippen molar-refractivity contribution in [1.29, 1.82) is 0 Å². The van der Waals surface area contributed by atoms with Gasteiger partial charge in [0.2, 0.25) is 0 Å². The van der Waals surface area contributed by atoms with Crippen molar-refractivity contribution in [2.45, 2.75) is 77.4 Å². The number of allylic oxidation sites excluding steroid dienone is 2. The molecule has 1 saturated heterocycles. The molecule has 0 aliphatic carbocycles. The standard InChI is InChI=1S/C20H37NO4Si/c1-16(2)26(17(3)4,18(5)6)25-19(21-13-15-24-20(21)22)12-10-8-9-11-14-23-7/h11-12,14,16-18H,8-10,13,15H2,1-7H3/b14-11?,19-12-. The Bertz CT molecular complexity index is 478. The Balaban J connectivity index is 3.03. The summed E-state index contributed by atoms with van der Waals surface area (Å²) in [4.78, 5) is 13.8. The highest BCUT2D eigenvalue weighted by molar-refractivity contribution is 6.77. The first-order valence-corrected chi connectivity index (χ1v) is 11.9. The second-order valence-corrected chi connectivity index (χ2v) is 13.1. The number of hydrogen-bond acceptors (Lipinski definition) is 4. The topological polar surface area (TPSA) is 48.0 Å². The van der Waals surface area contributed by atoms with Crippen molar-refractivity contribution in [2.24, 2.45) is 0 Å². The van der Waals surface area contributed by atoms with Gasteiger partial charge >= 0.3 is 6.09 Å². The van der Waals surface area contributed by atoms with Crippen LogP contribution in [0.3, 0.4) is 0 Å². The molecule has 0 aromatic rings. The first kappa shape index (κ1) is 22.6. The number of ether oxygens (including phenoxy) is 2. The minimum Gasteiger partial charge on any atom is -0.531 e. The van der Waals surface area contributed by atoms with Crippen LogP contribution in [0.15, 0.2) is 24.3 Å². The van der Waals surface area contributed by atoms with Crippen molar-refractivity contribution in [3.63, 3.8) is 0 Å². The molecule has 0 atom stereocenters. The zero-order valence-electron chi connectivity index (χ0n) is 17.6. The minimum atomic E-state index is -2.12. The third kappa shape index (κ3) is 5.53. The first-order chi connectivity index (χ1) is 12.3. The number of unbranched alkanes of at least 4 members (excludes halogenated alkanes) is 2. The number of amides is 1. The van der Waals surface area contributed by atoms with Crippen molar-refractivity contribution in [3.05, 3.63) is 24.3 Å². The van der Waals surface area contributed by atoms with Gasteiger partial charge in [-0.1, -0.05) is 41.5 Å². The quantitative estimate of drug-likeness (QED) is 0.257. The first-order valence-electron chi connectivity index (χ1n) is 9.78. The van der Waals surface area contributed by atoms with Crippen LogP contribution in [0.25, 0.3) is 0 Å². The van der Waals surface area contributed by atoms with E-state index in [0.29, 0.717) is 35.7 Å². The zero-order valence-corrected chi connectivity index (χ0v) is 18.6. The highest BCUT2D eigenvalue weighted by Crippen LogP contribution is 2.44. The van der Waals surface area contributed by atoms with Crippen LogP contribution >= 0.6 is 0 Å². The van der Waals surface area contributed by atoms with Crippen molar-refractivity contribution < 1.29 is 18.7 Å². The van der Waals surface area contributed by atoms with Gasteiger partial charge in [0, 0.05) is 0 Å². The third-order valence-corrected chi connectivity index (χ3v) is 11.1. The second-order valence-electron chi connectivity index (χ2n) is 7.77. The van der Waals surface area contributed by atoms with Crippen LogP contribution in [0.5, 0.6) is 0 Å². The number of cyclic esters (lactones) is 1. The summed E-state index contributed by atoms with van der Waals surface area (Å²) < 4.78 is 16.9. The van der Waals surface area contributed by atoms with Gasteiger partial charge in [0.05, 0.1) is 19.9 Å². The van der Waals surface area contributed by atoms with Crippen LogP contribution < -0.4 is 0 Å². The largest absolute Gasteiger partial charge is 0.531 e. The Morgan fingerprint density at radius 2 is 1.77 bits per heavy atom. The lowest BCUT2D eigenvalue weighted by molar-refractivity contribution is 0.151. The van der Waals surface area contributed by atoms with E-state index in [-0.39, 0.29) is 6.09 Å². The fourth-order valence-corrected chi connectivity index (χ4v) is 9.22. The Morgan fingerprint density at radius 1 is 1.15 bits per heavy atom. The maximum Gasteiger partial charge on any atom is 0.416 e. The molecule has 0 aromatic carbocycles. The maximum absolute atomic E-state index is 12.2. The average Bonchev–Trinajstić information content (AvgIpc) is 2.98. The highest BCUT2D eigenvalue weighted by atomic mass is 28.4. The van der Waals surface area contributed by atoms with E-state index < -0.39 is 8.32 Å². The molecule has 0 radical (unpaired) electrons. The summed E-state index contributed by atoms with van der Waals surface area (Å²) in [5.74, 6) is 0.700. The molecule has 1 fully saturated rings. The smallest absolute Gasteiger partial charge is 0.416 e. The fourth-order valence-electron chi connectivity index (χ4n) is 3.96. The molecule has 0 spiro atoms. The van der Waals surface area contributed by atoms with Gasteiger partial charge in [0.1, 0.15) is 6.61 Å². The van der Waals surface area contributed by atoms with Crippen molar-refractivity contribution in [3.8, 4) is 0 Å².